The summed E-state index contributed by atoms with van der Waals surface area (Å²) in [7, 11) is 0. The minimum Gasteiger partial charge on any atom is -0.444 e. The number of piperidine rings is 1. The number of carbonyl (C=O) groups is 1. The summed E-state index contributed by atoms with van der Waals surface area (Å²) in [5.41, 5.74) is 8.94. The van der Waals surface area contributed by atoms with Crippen LogP contribution in [0.15, 0.2) is 24.3 Å². The van der Waals surface area contributed by atoms with Gasteiger partial charge in [0.15, 0.2) is 0 Å². The molecule has 33 heavy (non-hydrogen) atoms. The minimum atomic E-state index is -0.464. The maximum absolute atomic E-state index is 12.5. The number of aromatic amines is 1. The molecule has 1 N–H and O–H groups in total. The number of carbonyl (C=O) groups excluding carboxylic acids is 1. The van der Waals surface area contributed by atoms with Gasteiger partial charge in [-0.2, -0.15) is 0 Å². The number of ether oxygens (including phenoxy) is 2. The average molecular weight is 448 g/mol. The molecule has 0 aliphatic carbocycles. The van der Waals surface area contributed by atoms with E-state index in [0.29, 0.717) is 19.1 Å². The van der Waals surface area contributed by atoms with Crippen molar-refractivity contribution >= 4 is 17.0 Å². The van der Waals surface area contributed by atoms with E-state index < -0.39 is 5.60 Å². The van der Waals surface area contributed by atoms with Crippen molar-refractivity contribution in [3.8, 4) is 11.3 Å². The first-order valence-electron chi connectivity index (χ1n) is 11.9. The van der Waals surface area contributed by atoms with Crippen molar-refractivity contribution in [2.75, 3.05) is 13.1 Å². The second kappa shape index (κ2) is 8.17. The second-order valence-electron chi connectivity index (χ2n) is 10.4. The molecule has 1 aromatic carbocycles. The SMILES string of the molecule is Cc1cc(-c2[nH]c3ccc(C4CCN(C(=O)OC(C)(C)C)CC4)c4c3c2COC4)cc(C)n1. The molecule has 5 rings (SSSR count). The van der Waals surface area contributed by atoms with E-state index in [1.54, 1.807) is 0 Å². The maximum Gasteiger partial charge on any atom is 0.410 e. The number of likely N-dealkylation sites (tertiary alicyclic amines) is 1. The van der Waals surface area contributed by atoms with Crippen LogP contribution in [0.4, 0.5) is 4.79 Å². The van der Waals surface area contributed by atoms with Crippen molar-refractivity contribution in [3.63, 3.8) is 0 Å². The molecule has 0 spiro atoms. The first kappa shape index (κ1) is 22.0. The van der Waals surface area contributed by atoms with E-state index in [-0.39, 0.29) is 6.09 Å². The van der Waals surface area contributed by atoms with E-state index in [9.17, 15) is 4.79 Å². The van der Waals surface area contributed by atoms with Crippen molar-refractivity contribution in [2.45, 2.75) is 72.2 Å². The number of amides is 1. The molecule has 6 nitrogen and oxygen atoms in total. The van der Waals surface area contributed by atoms with Crippen molar-refractivity contribution < 1.29 is 14.3 Å². The molecule has 3 aromatic rings. The summed E-state index contributed by atoms with van der Waals surface area (Å²) in [5.74, 6) is 0.418. The molecule has 1 saturated heterocycles. The lowest BCUT2D eigenvalue weighted by molar-refractivity contribution is 0.0204. The highest BCUT2D eigenvalue weighted by molar-refractivity contribution is 5.94. The lowest BCUT2D eigenvalue weighted by Crippen LogP contribution is -2.41. The zero-order valence-corrected chi connectivity index (χ0v) is 20.2. The third-order valence-electron chi connectivity index (χ3n) is 6.66. The molecule has 2 aliphatic rings. The van der Waals surface area contributed by atoms with Gasteiger partial charge in [-0.05, 0) is 82.7 Å². The summed E-state index contributed by atoms with van der Waals surface area (Å²) < 4.78 is 11.7. The molecule has 2 aromatic heterocycles. The Balaban J connectivity index is 1.45. The standard InChI is InChI=1S/C27H33N3O3/c1-16-12-19(13-17(2)28-16)25-22-15-32-14-21-20(6-7-23(29-25)24(21)22)18-8-10-30(11-9-18)26(31)33-27(3,4)5/h6-7,12-13,18,29H,8-11,14-15H2,1-5H3. The van der Waals surface area contributed by atoms with E-state index in [4.69, 9.17) is 9.47 Å². The van der Waals surface area contributed by atoms with Gasteiger partial charge in [-0.25, -0.2) is 4.79 Å². The monoisotopic (exact) mass is 447 g/mol. The number of aryl methyl sites for hydroxylation is 2. The number of H-pyrrole nitrogens is 1. The topological polar surface area (TPSA) is 67.5 Å². The van der Waals surface area contributed by atoms with Gasteiger partial charge in [0.2, 0.25) is 0 Å². The summed E-state index contributed by atoms with van der Waals surface area (Å²) in [6.07, 6.45) is 1.67. The fourth-order valence-electron chi connectivity index (χ4n) is 5.31. The Labute approximate surface area is 195 Å². The molecule has 2 aliphatic heterocycles. The van der Waals surface area contributed by atoms with Gasteiger partial charge in [-0.15, -0.1) is 0 Å². The Morgan fingerprint density at radius 3 is 2.42 bits per heavy atom. The minimum absolute atomic E-state index is 0.207. The highest BCUT2D eigenvalue weighted by atomic mass is 16.6. The first-order chi connectivity index (χ1) is 15.7. The molecule has 0 radical (unpaired) electrons. The number of nitrogens with zero attached hydrogens (tertiary/aromatic N) is 2. The molecule has 4 heterocycles. The largest absolute Gasteiger partial charge is 0.444 e. The Kier molecular flexibility index (Phi) is 5.44. The van der Waals surface area contributed by atoms with Crippen molar-refractivity contribution in [3.05, 3.63) is 52.3 Å². The summed E-state index contributed by atoms with van der Waals surface area (Å²) in [4.78, 5) is 22.5. The second-order valence-corrected chi connectivity index (χ2v) is 10.4. The van der Waals surface area contributed by atoms with Crippen LogP contribution >= 0.6 is 0 Å². The van der Waals surface area contributed by atoms with E-state index >= 15 is 0 Å². The van der Waals surface area contributed by atoms with Crippen molar-refractivity contribution in [1.82, 2.24) is 14.9 Å². The van der Waals surface area contributed by atoms with Crippen molar-refractivity contribution in [2.24, 2.45) is 0 Å². The number of pyridine rings is 1. The number of nitrogens with one attached hydrogen (secondary N) is 1. The number of benzene rings is 1. The van der Waals surface area contributed by atoms with Crippen LogP contribution in [0.2, 0.25) is 0 Å². The summed E-state index contributed by atoms with van der Waals surface area (Å²) in [6, 6.07) is 8.74. The first-order valence-corrected chi connectivity index (χ1v) is 11.9. The van der Waals surface area contributed by atoms with Crippen LogP contribution in [-0.4, -0.2) is 39.7 Å². The van der Waals surface area contributed by atoms with E-state index in [0.717, 1.165) is 48.6 Å². The predicted molar refractivity (Wildman–Crippen MR) is 129 cm³/mol. The molecule has 1 fully saturated rings. The van der Waals surface area contributed by atoms with Gasteiger partial charge in [0.05, 0.1) is 18.9 Å². The van der Waals surface area contributed by atoms with E-state index in [2.05, 4.69) is 34.2 Å². The fourth-order valence-corrected chi connectivity index (χ4v) is 5.31. The van der Waals surface area contributed by atoms with Gasteiger partial charge in [-0.1, -0.05) is 6.07 Å². The fraction of sp³-hybridized carbons (Fsp3) is 0.481. The number of hydrogen-bond donors (Lipinski definition) is 1. The molecule has 0 atom stereocenters. The van der Waals surface area contributed by atoms with Crippen LogP contribution in [0, 0.1) is 13.8 Å². The number of aromatic nitrogens is 2. The van der Waals surface area contributed by atoms with Crippen LogP contribution in [-0.2, 0) is 22.7 Å². The van der Waals surface area contributed by atoms with Gasteiger partial charge in [0.25, 0.3) is 0 Å². The molecule has 0 unspecified atom stereocenters. The highest BCUT2D eigenvalue weighted by Gasteiger charge is 2.30. The molecule has 1 amide bonds. The van der Waals surface area contributed by atoms with Gasteiger partial charge >= 0.3 is 6.09 Å². The van der Waals surface area contributed by atoms with Crippen LogP contribution in [0.1, 0.15) is 67.6 Å². The summed E-state index contributed by atoms with van der Waals surface area (Å²) in [6.45, 7) is 12.5. The Bertz CT molecular complexity index is 1190. The Morgan fingerprint density at radius 1 is 1.09 bits per heavy atom. The van der Waals surface area contributed by atoms with Gasteiger partial charge in [0.1, 0.15) is 5.60 Å². The van der Waals surface area contributed by atoms with Crippen molar-refractivity contribution in [1.29, 1.82) is 0 Å². The lowest BCUT2D eigenvalue weighted by atomic mass is 9.84. The van der Waals surface area contributed by atoms with Gasteiger partial charge < -0.3 is 19.4 Å². The highest BCUT2D eigenvalue weighted by Crippen LogP contribution is 2.41. The summed E-state index contributed by atoms with van der Waals surface area (Å²) in [5, 5.41) is 1.32. The Hall–Kier alpha value is -2.86. The lowest BCUT2D eigenvalue weighted by Gasteiger charge is -2.34. The predicted octanol–water partition coefficient (Wildman–Crippen LogP) is 5.99. The quantitative estimate of drug-likeness (QED) is 0.524. The van der Waals surface area contributed by atoms with Gasteiger partial charge in [-0.3, -0.25) is 4.98 Å². The third-order valence-corrected chi connectivity index (χ3v) is 6.66. The Morgan fingerprint density at radius 2 is 1.76 bits per heavy atom. The number of hydrogen-bond acceptors (Lipinski definition) is 4. The smallest absolute Gasteiger partial charge is 0.410 e. The molecular formula is C27H33N3O3. The van der Waals surface area contributed by atoms with Gasteiger partial charge in [0, 0.05) is 46.5 Å². The maximum atomic E-state index is 12.5. The molecule has 0 bridgehead atoms. The molecule has 6 heteroatoms. The van der Waals surface area contributed by atoms with Crippen LogP contribution in [0.25, 0.3) is 22.2 Å². The third kappa shape index (κ3) is 4.24. The zero-order valence-electron chi connectivity index (χ0n) is 20.2. The van der Waals surface area contributed by atoms with Crippen LogP contribution in [0.3, 0.4) is 0 Å². The van der Waals surface area contributed by atoms with E-state index in [1.165, 1.54) is 27.6 Å². The molecule has 174 valence electrons. The molecule has 0 saturated carbocycles. The van der Waals surface area contributed by atoms with Crippen LogP contribution in [0.5, 0.6) is 0 Å². The normalized spacial score (nSPS) is 16.9. The van der Waals surface area contributed by atoms with E-state index in [1.807, 2.05) is 39.5 Å². The van der Waals surface area contributed by atoms with Crippen LogP contribution < -0.4 is 0 Å². The average Bonchev–Trinajstić information content (AvgIpc) is 3.13. The summed E-state index contributed by atoms with van der Waals surface area (Å²) >= 11 is 0. The zero-order chi connectivity index (χ0) is 23.3. The molecular weight excluding hydrogens is 414 g/mol. The number of rotatable bonds is 2.